The summed E-state index contributed by atoms with van der Waals surface area (Å²) in [5.74, 6) is -1.72. The van der Waals surface area contributed by atoms with E-state index in [1.54, 1.807) is 6.92 Å². The zero-order chi connectivity index (χ0) is 9.35. The fourth-order valence-electron chi connectivity index (χ4n) is 1.20. The Morgan fingerprint density at radius 3 is 2.50 bits per heavy atom. The third kappa shape index (κ3) is 1.46. The van der Waals surface area contributed by atoms with Gasteiger partial charge in [0, 0.05) is 6.42 Å². The van der Waals surface area contributed by atoms with Crippen LogP contribution in [0.3, 0.4) is 0 Å². The largest absolute Gasteiger partial charge is 0.388 e. The first-order chi connectivity index (χ1) is 5.51. The van der Waals surface area contributed by atoms with E-state index in [-0.39, 0.29) is 13.0 Å². The van der Waals surface area contributed by atoms with Crippen molar-refractivity contribution >= 4 is 0 Å². The molecule has 12 heavy (non-hydrogen) atoms. The number of hydrogen-bond donors (Lipinski definition) is 4. The number of aliphatic hydroxyl groups is 4. The average molecular weight is 178 g/mol. The van der Waals surface area contributed by atoms with Crippen LogP contribution in [0.2, 0.25) is 0 Å². The lowest BCUT2D eigenvalue weighted by Crippen LogP contribution is -2.60. The molecule has 0 aromatic heterocycles. The van der Waals surface area contributed by atoms with Crippen LogP contribution in [0, 0.1) is 0 Å². The van der Waals surface area contributed by atoms with Crippen molar-refractivity contribution in [3.05, 3.63) is 0 Å². The van der Waals surface area contributed by atoms with Crippen LogP contribution >= 0.6 is 0 Å². The topological polar surface area (TPSA) is 90.2 Å². The zero-order valence-electron chi connectivity index (χ0n) is 6.84. The van der Waals surface area contributed by atoms with E-state index in [4.69, 9.17) is 9.84 Å². The van der Waals surface area contributed by atoms with Gasteiger partial charge in [0.15, 0.2) is 5.79 Å². The third-order valence-electron chi connectivity index (χ3n) is 2.19. The third-order valence-corrected chi connectivity index (χ3v) is 2.19. The summed E-state index contributed by atoms with van der Waals surface area (Å²) in [5, 5.41) is 37.0. The molecule has 1 aliphatic heterocycles. The molecule has 0 aromatic rings. The van der Waals surface area contributed by atoms with Gasteiger partial charge in [-0.05, 0) is 0 Å². The van der Waals surface area contributed by atoms with Gasteiger partial charge in [-0.1, -0.05) is 6.92 Å². The predicted molar refractivity (Wildman–Crippen MR) is 39.2 cm³/mol. The van der Waals surface area contributed by atoms with E-state index in [9.17, 15) is 15.3 Å². The summed E-state index contributed by atoms with van der Waals surface area (Å²) in [6.45, 7) is 1.45. The Kier molecular flexibility index (Phi) is 2.70. The molecule has 4 N–H and O–H groups in total. The minimum Gasteiger partial charge on any atom is -0.388 e. The molecule has 4 atom stereocenters. The molecule has 1 aliphatic rings. The van der Waals surface area contributed by atoms with Crippen LogP contribution in [0.25, 0.3) is 0 Å². The van der Waals surface area contributed by atoms with Crippen molar-refractivity contribution in [3.8, 4) is 0 Å². The highest BCUT2D eigenvalue weighted by atomic mass is 16.6. The van der Waals surface area contributed by atoms with Gasteiger partial charge in [-0.2, -0.15) is 0 Å². The van der Waals surface area contributed by atoms with E-state index in [0.717, 1.165) is 0 Å². The van der Waals surface area contributed by atoms with Gasteiger partial charge in [0.2, 0.25) is 0 Å². The number of ether oxygens (including phenoxy) is 1. The molecule has 5 heteroatoms. The Balaban J connectivity index is 2.71. The molecule has 0 amide bonds. The van der Waals surface area contributed by atoms with Gasteiger partial charge in [-0.3, -0.25) is 0 Å². The fourth-order valence-corrected chi connectivity index (χ4v) is 1.20. The lowest BCUT2D eigenvalue weighted by molar-refractivity contribution is -0.321. The Bertz CT molecular complexity index is 162. The average Bonchev–Trinajstić information content (AvgIpc) is 2.09. The SMILES string of the molecule is CC[C@]1(O)OC[C@@H](O)C(O)[C@H]1O. The summed E-state index contributed by atoms with van der Waals surface area (Å²) in [6, 6.07) is 0. The van der Waals surface area contributed by atoms with E-state index >= 15 is 0 Å². The molecule has 0 aliphatic carbocycles. The first-order valence-corrected chi connectivity index (χ1v) is 3.92. The summed E-state index contributed by atoms with van der Waals surface area (Å²) < 4.78 is 4.81. The summed E-state index contributed by atoms with van der Waals surface area (Å²) in [4.78, 5) is 0. The Morgan fingerprint density at radius 2 is 2.00 bits per heavy atom. The first-order valence-electron chi connectivity index (χ1n) is 3.92. The smallest absolute Gasteiger partial charge is 0.194 e. The molecule has 0 aromatic carbocycles. The normalized spacial score (nSPS) is 49.2. The van der Waals surface area contributed by atoms with Crippen LogP contribution in [0.15, 0.2) is 0 Å². The van der Waals surface area contributed by atoms with E-state index in [0.29, 0.717) is 0 Å². The van der Waals surface area contributed by atoms with Gasteiger partial charge in [-0.15, -0.1) is 0 Å². The Labute approximate surface area is 70.2 Å². The summed E-state index contributed by atoms with van der Waals surface area (Å²) in [7, 11) is 0. The van der Waals surface area contributed by atoms with E-state index < -0.39 is 24.1 Å². The minimum absolute atomic E-state index is 0.164. The van der Waals surface area contributed by atoms with Crippen LogP contribution in [0.1, 0.15) is 13.3 Å². The lowest BCUT2D eigenvalue weighted by atomic mass is 9.95. The Hall–Kier alpha value is -0.200. The fraction of sp³-hybridized carbons (Fsp3) is 1.00. The van der Waals surface area contributed by atoms with Crippen LogP contribution < -0.4 is 0 Å². The van der Waals surface area contributed by atoms with Gasteiger partial charge in [0.05, 0.1) is 6.61 Å². The number of hydrogen-bond acceptors (Lipinski definition) is 5. The number of rotatable bonds is 1. The van der Waals surface area contributed by atoms with Crippen LogP contribution in [-0.2, 0) is 4.74 Å². The molecule has 1 saturated heterocycles. The number of aliphatic hydroxyl groups excluding tert-OH is 3. The van der Waals surface area contributed by atoms with Crippen LogP contribution in [-0.4, -0.2) is 51.1 Å². The molecule has 5 nitrogen and oxygen atoms in total. The first kappa shape index (κ1) is 9.88. The zero-order valence-corrected chi connectivity index (χ0v) is 6.84. The van der Waals surface area contributed by atoms with Crippen molar-refractivity contribution in [1.29, 1.82) is 0 Å². The molecule has 1 fully saturated rings. The molecule has 1 unspecified atom stereocenters. The van der Waals surface area contributed by atoms with E-state index in [1.165, 1.54) is 0 Å². The highest BCUT2D eigenvalue weighted by molar-refractivity contribution is 4.90. The monoisotopic (exact) mass is 178 g/mol. The van der Waals surface area contributed by atoms with Crippen LogP contribution in [0.4, 0.5) is 0 Å². The predicted octanol–water partition coefficient (Wildman–Crippen LogP) is -1.80. The van der Waals surface area contributed by atoms with Crippen molar-refractivity contribution in [2.75, 3.05) is 6.61 Å². The molecule has 0 spiro atoms. The second-order valence-electron chi connectivity index (χ2n) is 3.01. The molecule has 1 rings (SSSR count). The molecule has 1 heterocycles. The van der Waals surface area contributed by atoms with Crippen LogP contribution in [0.5, 0.6) is 0 Å². The highest BCUT2D eigenvalue weighted by Gasteiger charge is 2.46. The lowest BCUT2D eigenvalue weighted by Gasteiger charge is -2.41. The van der Waals surface area contributed by atoms with Crippen molar-refractivity contribution in [2.45, 2.75) is 37.4 Å². The summed E-state index contributed by atoms with van der Waals surface area (Å²) in [5.41, 5.74) is 0. The standard InChI is InChI=1S/C7H14O5/c1-2-7(11)6(10)5(9)4(8)3-12-7/h4-6,8-11H,2-3H2,1H3/t4-,5?,6-,7+/m1/s1. The Morgan fingerprint density at radius 1 is 1.42 bits per heavy atom. The molecular formula is C7H14O5. The quantitative estimate of drug-likeness (QED) is 0.380. The van der Waals surface area contributed by atoms with Gasteiger partial charge in [-0.25, -0.2) is 0 Å². The van der Waals surface area contributed by atoms with Gasteiger partial charge in [0.1, 0.15) is 18.3 Å². The van der Waals surface area contributed by atoms with Crippen molar-refractivity contribution < 1.29 is 25.2 Å². The molecule has 0 bridgehead atoms. The molecular weight excluding hydrogens is 164 g/mol. The van der Waals surface area contributed by atoms with Crippen molar-refractivity contribution in [2.24, 2.45) is 0 Å². The molecule has 72 valence electrons. The minimum atomic E-state index is -1.72. The molecule has 0 saturated carbocycles. The van der Waals surface area contributed by atoms with E-state index in [2.05, 4.69) is 0 Å². The van der Waals surface area contributed by atoms with Crippen molar-refractivity contribution in [3.63, 3.8) is 0 Å². The highest BCUT2D eigenvalue weighted by Crippen LogP contribution is 2.26. The summed E-state index contributed by atoms with van der Waals surface area (Å²) >= 11 is 0. The second-order valence-corrected chi connectivity index (χ2v) is 3.01. The maximum absolute atomic E-state index is 9.49. The van der Waals surface area contributed by atoms with Crippen molar-refractivity contribution in [1.82, 2.24) is 0 Å². The maximum Gasteiger partial charge on any atom is 0.194 e. The van der Waals surface area contributed by atoms with Gasteiger partial charge >= 0.3 is 0 Å². The van der Waals surface area contributed by atoms with E-state index in [1.807, 2.05) is 0 Å². The van der Waals surface area contributed by atoms with Gasteiger partial charge in [0.25, 0.3) is 0 Å². The second kappa shape index (κ2) is 3.27. The molecule has 0 radical (unpaired) electrons. The maximum atomic E-state index is 9.49. The van der Waals surface area contributed by atoms with Gasteiger partial charge < -0.3 is 25.2 Å². The summed E-state index contributed by atoms with van der Waals surface area (Å²) in [6.07, 6.45) is -3.76.